The van der Waals surface area contributed by atoms with Crippen LogP contribution in [0.2, 0.25) is 0 Å². The predicted molar refractivity (Wildman–Crippen MR) is 101 cm³/mol. The lowest BCUT2D eigenvalue weighted by Crippen LogP contribution is -2.38. The molecule has 1 aromatic rings. The summed E-state index contributed by atoms with van der Waals surface area (Å²) in [6.07, 6.45) is 5.25. The van der Waals surface area contributed by atoms with Gasteiger partial charge in [-0.3, -0.25) is 4.90 Å². The summed E-state index contributed by atoms with van der Waals surface area (Å²) in [7, 11) is 0. The van der Waals surface area contributed by atoms with Gasteiger partial charge in [0.05, 0.1) is 6.10 Å². The molecule has 138 valence electrons. The number of halogens is 3. The molecule has 3 nitrogen and oxygen atoms in total. The molecular formula is C18H29Cl2FN2O. The molecule has 6 heteroatoms. The number of nitrogens with one attached hydrogen (secondary N) is 1. The number of rotatable bonds is 6. The molecule has 24 heavy (non-hydrogen) atoms. The van der Waals surface area contributed by atoms with Gasteiger partial charge in [0.2, 0.25) is 0 Å². The molecular weight excluding hydrogens is 350 g/mol. The second-order valence-electron chi connectivity index (χ2n) is 6.60. The predicted octanol–water partition coefficient (Wildman–Crippen LogP) is 3.65. The third-order valence-corrected chi connectivity index (χ3v) is 4.89. The van der Waals surface area contributed by atoms with Crippen molar-refractivity contribution in [1.82, 2.24) is 10.2 Å². The van der Waals surface area contributed by atoms with Crippen LogP contribution in [0.1, 0.15) is 31.2 Å². The van der Waals surface area contributed by atoms with Crippen LogP contribution in [-0.2, 0) is 11.3 Å². The van der Waals surface area contributed by atoms with Gasteiger partial charge in [0.25, 0.3) is 0 Å². The van der Waals surface area contributed by atoms with Crippen LogP contribution in [0.15, 0.2) is 24.3 Å². The maximum Gasteiger partial charge on any atom is 0.127 e. The van der Waals surface area contributed by atoms with Crippen LogP contribution in [0, 0.1) is 11.7 Å². The number of ether oxygens (including phenoxy) is 1. The maximum atomic E-state index is 13.7. The molecule has 2 aliphatic rings. The Morgan fingerprint density at radius 2 is 1.83 bits per heavy atom. The van der Waals surface area contributed by atoms with Crippen molar-refractivity contribution in [2.45, 2.75) is 38.3 Å². The third-order valence-electron chi connectivity index (χ3n) is 4.89. The molecule has 1 aromatic carbocycles. The summed E-state index contributed by atoms with van der Waals surface area (Å²) >= 11 is 0. The molecule has 0 aliphatic carbocycles. The van der Waals surface area contributed by atoms with E-state index in [1.54, 1.807) is 12.1 Å². The van der Waals surface area contributed by atoms with E-state index in [0.29, 0.717) is 6.10 Å². The average Bonchev–Trinajstić information content (AvgIpc) is 3.05. The van der Waals surface area contributed by atoms with Crippen LogP contribution in [0.5, 0.6) is 0 Å². The van der Waals surface area contributed by atoms with Crippen LogP contribution in [0.3, 0.4) is 0 Å². The molecule has 0 spiro atoms. The minimum Gasteiger partial charge on any atom is -0.377 e. The highest BCUT2D eigenvalue weighted by atomic mass is 35.5. The van der Waals surface area contributed by atoms with Crippen molar-refractivity contribution in [2.24, 2.45) is 5.92 Å². The summed E-state index contributed by atoms with van der Waals surface area (Å²) in [5.74, 6) is 0.668. The molecule has 3 rings (SSSR count). The van der Waals surface area contributed by atoms with Crippen LogP contribution < -0.4 is 5.32 Å². The topological polar surface area (TPSA) is 24.5 Å². The second kappa shape index (κ2) is 11.3. The summed E-state index contributed by atoms with van der Waals surface area (Å²) in [4.78, 5) is 2.37. The van der Waals surface area contributed by atoms with E-state index in [0.717, 1.165) is 50.8 Å². The Labute approximate surface area is 157 Å². The van der Waals surface area contributed by atoms with Crippen molar-refractivity contribution in [3.63, 3.8) is 0 Å². The number of likely N-dealkylation sites (tertiary alicyclic amines) is 1. The Bertz CT molecular complexity index is 464. The van der Waals surface area contributed by atoms with Gasteiger partial charge < -0.3 is 10.1 Å². The first-order chi connectivity index (χ1) is 10.8. The molecule has 0 saturated carbocycles. The van der Waals surface area contributed by atoms with Gasteiger partial charge in [0, 0.05) is 25.3 Å². The molecule has 2 fully saturated rings. The summed E-state index contributed by atoms with van der Waals surface area (Å²) in [6, 6.07) is 7.12. The molecule has 1 atom stereocenters. The van der Waals surface area contributed by atoms with Crippen LogP contribution >= 0.6 is 24.8 Å². The Kier molecular flexibility index (Phi) is 10.2. The van der Waals surface area contributed by atoms with Crippen molar-refractivity contribution in [2.75, 3.05) is 32.8 Å². The Balaban J connectivity index is 0.00000144. The fourth-order valence-electron chi connectivity index (χ4n) is 3.47. The SMILES string of the molecule is Cl.Cl.Fc1ccccc1CN1CCC(CNCC2CCCO2)CC1. The van der Waals surface area contributed by atoms with E-state index in [9.17, 15) is 4.39 Å². The monoisotopic (exact) mass is 378 g/mol. The number of nitrogens with zero attached hydrogens (tertiary/aromatic N) is 1. The molecule has 2 saturated heterocycles. The Morgan fingerprint density at radius 1 is 1.08 bits per heavy atom. The lowest BCUT2D eigenvalue weighted by molar-refractivity contribution is 0.107. The zero-order valence-electron chi connectivity index (χ0n) is 14.1. The van der Waals surface area contributed by atoms with E-state index >= 15 is 0 Å². The Morgan fingerprint density at radius 3 is 2.50 bits per heavy atom. The quantitative estimate of drug-likeness (QED) is 0.817. The van der Waals surface area contributed by atoms with Gasteiger partial charge in [0.1, 0.15) is 5.82 Å². The summed E-state index contributed by atoms with van der Waals surface area (Å²) in [5, 5.41) is 3.57. The van der Waals surface area contributed by atoms with Gasteiger partial charge in [-0.2, -0.15) is 0 Å². The van der Waals surface area contributed by atoms with Crippen LogP contribution in [0.4, 0.5) is 4.39 Å². The first kappa shape index (κ1) is 21.7. The lowest BCUT2D eigenvalue weighted by Gasteiger charge is -2.32. The standard InChI is InChI=1S/C18H27FN2O.2ClH/c19-18-6-2-1-4-16(18)14-21-9-7-15(8-10-21)12-20-13-17-5-3-11-22-17;;/h1-2,4,6,15,17,20H,3,5,7-14H2;2*1H. The molecule has 1 N–H and O–H groups in total. The van der Waals surface area contributed by atoms with Gasteiger partial charge in [-0.05, 0) is 57.3 Å². The van der Waals surface area contributed by atoms with Crippen molar-refractivity contribution < 1.29 is 9.13 Å². The molecule has 2 heterocycles. The first-order valence-corrected chi connectivity index (χ1v) is 8.59. The van der Waals surface area contributed by atoms with Crippen molar-refractivity contribution in [3.05, 3.63) is 35.6 Å². The average molecular weight is 379 g/mol. The highest BCUT2D eigenvalue weighted by Gasteiger charge is 2.21. The Hall–Kier alpha value is -0.390. The number of piperidine rings is 1. The lowest BCUT2D eigenvalue weighted by atomic mass is 9.96. The van der Waals surface area contributed by atoms with Gasteiger partial charge in [-0.25, -0.2) is 4.39 Å². The summed E-state index contributed by atoms with van der Waals surface area (Å²) in [5.41, 5.74) is 0.817. The molecule has 0 bridgehead atoms. The maximum absolute atomic E-state index is 13.7. The van der Waals surface area contributed by atoms with E-state index in [4.69, 9.17) is 4.74 Å². The smallest absolute Gasteiger partial charge is 0.127 e. The van der Waals surface area contributed by atoms with Crippen LogP contribution in [-0.4, -0.2) is 43.8 Å². The number of hydrogen-bond donors (Lipinski definition) is 1. The molecule has 0 radical (unpaired) electrons. The summed E-state index contributed by atoms with van der Waals surface area (Å²) < 4.78 is 19.3. The third kappa shape index (κ3) is 6.49. The van der Waals surface area contributed by atoms with Crippen molar-refractivity contribution in [3.8, 4) is 0 Å². The van der Waals surface area contributed by atoms with E-state index in [1.165, 1.54) is 25.7 Å². The summed E-state index contributed by atoms with van der Waals surface area (Å²) in [6.45, 7) is 5.90. The minimum absolute atomic E-state index is 0. The molecule has 0 aromatic heterocycles. The zero-order chi connectivity index (χ0) is 15.2. The highest BCUT2D eigenvalue weighted by molar-refractivity contribution is 5.85. The number of hydrogen-bond acceptors (Lipinski definition) is 3. The first-order valence-electron chi connectivity index (χ1n) is 8.59. The van der Waals surface area contributed by atoms with Gasteiger partial charge >= 0.3 is 0 Å². The van der Waals surface area contributed by atoms with E-state index in [1.807, 2.05) is 12.1 Å². The van der Waals surface area contributed by atoms with Crippen molar-refractivity contribution >= 4 is 24.8 Å². The van der Waals surface area contributed by atoms with E-state index in [-0.39, 0.29) is 30.6 Å². The fraction of sp³-hybridized carbons (Fsp3) is 0.667. The fourth-order valence-corrected chi connectivity index (χ4v) is 3.47. The highest BCUT2D eigenvalue weighted by Crippen LogP contribution is 2.19. The van der Waals surface area contributed by atoms with Crippen molar-refractivity contribution in [1.29, 1.82) is 0 Å². The number of benzene rings is 1. The zero-order valence-corrected chi connectivity index (χ0v) is 15.7. The molecule has 2 aliphatic heterocycles. The van der Waals surface area contributed by atoms with Gasteiger partial charge in [-0.1, -0.05) is 18.2 Å². The van der Waals surface area contributed by atoms with Gasteiger partial charge in [-0.15, -0.1) is 24.8 Å². The molecule has 1 unspecified atom stereocenters. The van der Waals surface area contributed by atoms with E-state index < -0.39 is 0 Å². The largest absolute Gasteiger partial charge is 0.377 e. The van der Waals surface area contributed by atoms with Gasteiger partial charge in [0.15, 0.2) is 0 Å². The minimum atomic E-state index is -0.0807. The second-order valence-corrected chi connectivity index (χ2v) is 6.60. The van der Waals surface area contributed by atoms with E-state index in [2.05, 4.69) is 10.2 Å². The van der Waals surface area contributed by atoms with Crippen LogP contribution in [0.25, 0.3) is 0 Å². The normalized spacial score (nSPS) is 22.0. The molecule has 0 amide bonds.